The van der Waals surface area contributed by atoms with Crippen molar-refractivity contribution in [3.05, 3.63) is 28.8 Å². The molecule has 0 radical (unpaired) electrons. The molecule has 0 aliphatic carbocycles. The van der Waals surface area contributed by atoms with Crippen LogP contribution in [0.15, 0.2) is 18.2 Å². The van der Waals surface area contributed by atoms with Gasteiger partial charge in [-0.2, -0.15) is 18.4 Å². The van der Waals surface area contributed by atoms with E-state index in [2.05, 4.69) is 0 Å². The summed E-state index contributed by atoms with van der Waals surface area (Å²) in [5, 5.41) is 9.06. The molecule has 1 aliphatic rings. The first-order valence-electron chi connectivity index (χ1n) is 5.93. The lowest BCUT2D eigenvalue weighted by Gasteiger charge is -2.35. The number of nitriles is 1. The van der Waals surface area contributed by atoms with Gasteiger partial charge in [0.15, 0.2) is 0 Å². The van der Waals surface area contributed by atoms with Gasteiger partial charge in [-0.1, -0.05) is 11.6 Å². The average Bonchev–Trinajstić information content (AvgIpc) is 2.37. The molecule has 1 heterocycles. The fourth-order valence-electron chi connectivity index (χ4n) is 2.30. The quantitative estimate of drug-likeness (QED) is 0.781. The molecular weight excluding hydrogens is 277 g/mol. The molecule has 0 N–H and O–H groups in total. The maximum Gasteiger partial charge on any atom is 0.393 e. The fourth-order valence-corrected chi connectivity index (χ4v) is 2.60. The van der Waals surface area contributed by atoms with E-state index in [-0.39, 0.29) is 13.0 Å². The zero-order chi connectivity index (χ0) is 14.0. The highest BCUT2D eigenvalue weighted by Gasteiger charge is 2.42. The van der Waals surface area contributed by atoms with E-state index in [1.54, 1.807) is 17.0 Å². The predicted molar refractivity (Wildman–Crippen MR) is 67.2 cm³/mol. The molecule has 0 spiro atoms. The van der Waals surface area contributed by atoms with Crippen LogP contribution in [-0.4, -0.2) is 19.3 Å². The molecule has 1 aromatic carbocycles. The second-order valence-corrected chi connectivity index (χ2v) is 5.01. The maximum atomic E-state index is 12.7. The minimum Gasteiger partial charge on any atom is -0.370 e. The molecule has 0 amide bonds. The Morgan fingerprint density at radius 1 is 1.37 bits per heavy atom. The van der Waals surface area contributed by atoms with Gasteiger partial charge in [-0.3, -0.25) is 0 Å². The van der Waals surface area contributed by atoms with Crippen molar-refractivity contribution in [1.29, 1.82) is 5.26 Å². The smallest absolute Gasteiger partial charge is 0.370 e. The summed E-state index contributed by atoms with van der Waals surface area (Å²) in [5.74, 6) is -1.31. The van der Waals surface area contributed by atoms with Crippen LogP contribution in [-0.2, 0) is 0 Å². The van der Waals surface area contributed by atoms with Crippen LogP contribution in [0.3, 0.4) is 0 Å². The van der Waals surface area contributed by atoms with Gasteiger partial charge in [0.1, 0.15) is 0 Å². The van der Waals surface area contributed by atoms with Crippen LogP contribution in [0.4, 0.5) is 18.9 Å². The number of piperidine rings is 1. The van der Waals surface area contributed by atoms with Crippen molar-refractivity contribution < 1.29 is 13.2 Å². The summed E-state index contributed by atoms with van der Waals surface area (Å²) < 4.78 is 38.2. The van der Waals surface area contributed by atoms with Crippen molar-refractivity contribution in [3.8, 4) is 6.07 Å². The standard InChI is InChI=1S/C13H12ClF3N2/c14-11-6-9(7-18)3-4-12(11)19-5-1-2-10(8-19)13(15,16)17/h3-4,6,10H,1-2,5,8H2. The van der Waals surface area contributed by atoms with Gasteiger partial charge in [-0.15, -0.1) is 0 Å². The second-order valence-electron chi connectivity index (χ2n) is 4.60. The average molecular weight is 289 g/mol. The zero-order valence-corrected chi connectivity index (χ0v) is 10.8. The van der Waals surface area contributed by atoms with E-state index < -0.39 is 12.1 Å². The molecule has 2 rings (SSSR count). The Hall–Kier alpha value is -1.41. The second kappa shape index (κ2) is 5.30. The molecule has 1 aromatic rings. The lowest BCUT2D eigenvalue weighted by Crippen LogP contribution is -2.41. The summed E-state index contributed by atoms with van der Waals surface area (Å²) in [6.45, 7) is 0.479. The number of halogens is 4. The molecule has 1 aliphatic heterocycles. The summed E-state index contributed by atoms with van der Waals surface area (Å²) in [7, 11) is 0. The first-order valence-corrected chi connectivity index (χ1v) is 6.31. The molecule has 1 atom stereocenters. The molecule has 0 saturated carbocycles. The van der Waals surface area contributed by atoms with Crippen molar-refractivity contribution in [2.45, 2.75) is 19.0 Å². The van der Waals surface area contributed by atoms with E-state index in [0.717, 1.165) is 0 Å². The fraction of sp³-hybridized carbons (Fsp3) is 0.462. The minimum atomic E-state index is -4.17. The molecule has 2 nitrogen and oxygen atoms in total. The molecule has 1 unspecified atom stereocenters. The number of alkyl halides is 3. The molecular formula is C13H12ClF3N2. The number of nitrogens with zero attached hydrogens (tertiary/aromatic N) is 2. The molecule has 0 aromatic heterocycles. The third-order valence-electron chi connectivity index (χ3n) is 3.30. The Morgan fingerprint density at radius 2 is 2.11 bits per heavy atom. The highest BCUT2D eigenvalue weighted by Crippen LogP contribution is 2.36. The SMILES string of the molecule is N#Cc1ccc(N2CCCC(C(F)(F)F)C2)c(Cl)c1. The van der Waals surface area contributed by atoms with Gasteiger partial charge in [-0.25, -0.2) is 0 Å². The summed E-state index contributed by atoms with van der Waals surface area (Å²) >= 11 is 6.03. The molecule has 1 saturated heterocycles. The Bertz CT molecular complexity index is 508. The van der Waals surface area contributed by atoms with Gasteiger partial charge in [-0.05, 0) is 31.0 Å². The van der Waals surface area contributed by atoms with Gasteiger partial charge in [0, 0.05) is 13.1 Å². The van der Waals surface area contributed by atoms with Crippen LogP contribution in [0.25, 0.3) is 0 Å². The predicted octanol–water partition coefficient (Wildman–Crippen LogP) is 3.99. The third-order valence-corrected chi connectivity index (χ3v) is 3.60. The minimum absolute atomic E-state index is 0.0743. The van der Waals surface area contributed by atoms with E-state index in [4.69, 9.17) is 16.9 Å². The summed E-state index contributed by atoms with van der Waals surface area (Å²) in [6.07, 6.45) is -3.52. The maximum absolute atomic E-state index is 12.7. The Balaban J connectivity index is 2.20. The van der Waals surface area contributed by atoms with Crippen LogP contribution in [0.5, 0.6) is 0 Å². The van der Waals surface area contributed by atoms with Crippen LogP contribution in [0.1, 0.15) is 18.4 Å². The van der Waals surface area contributed by atoms with Crippen LogP contribution >= 0.6 is 11.6 Å². The lowest BCUT2D eigenvalue weighted by atomic mass is 9.97. The summed E-state index contributed by atoms with van der Waals surface area (Å²) in [6, 6.07) is 6.61. The highest BCUT2D eigenvalue weighted by molar-refractivity contribution is 6.33. The van der Waals surface area contributed by atoms with E-state index in [1.165, 1.54) is 6.07 Å². The Labute approximate surface area is 114 Å². The van der Waals surface area contributed by atoms with Crippen molar-refractivity contribution in [2.24, 2.45) is 5.92 Å². The number of hydrogen-bond acceptors (Lipinski definition) is 2. The molecule has 0 bridgehead atoms. The number of anilines is 1. The van der Waals surface area contributed by atoms with Crippen molar-refractivity contribution in [1.82, 2.24) is 0 Å². The van der Waals surface area contributed by atoms with E-state index in [9.17, 15) is 13.2 Å². The van der Waals surface area contributed by atoms with Gasteiger partial charge >= 0.3 is 6.18 Å². The van der Waals surface area contributed by atoms with Crippen LogP contribution < -0.4 is 4.90 Å². The topological polar surface area (TPSA) is 27.0 Å². The van der Waals surface area contributed by atoms with E-state index in [1.807, 2.05) is 6.07 Å². The molecule has 102 valence electrons. The monoisotopic (exact) mass is 288 g/mol. The summed E-state index contributed by atoms with van der Waals surface area (Å²) in [4.78, 5) is 1.64. The van der Waals surface area contributed by atoms with Crippen molar-refractivity contribution >= 4 is 17.3 Å². The first-order chi connectivity index (χ1) is 8.91. The van der Waals surface area contributed by atoms with Gasteiger partial charge in [0.25, 0.3) is 0 Å². The van der Waals surface area contributed by atoms with Crippen molar-refractivity contribution in [3.63, 3.8) is 0 Å². The van der Waals surface area contributed by atoms with Crippen LogP contribution in [0.2, 0.25) is 5.02 Å². The number of benzene rings is 1. The molecule has 1 fully saturated rings. The highest BCUT2D eigenvalue weighted by atomic mass is 35.5. The third kappa shape index (κ3) is 3.13. The van der Waals surface area contributed by atoms with E-state index in [0.29, 0.717) is 29.2 Å². The zero-order valence-electron chi connectivity index (χ0n) is 10.0. The first kappa shape index (κ1) is 14.0. The van der Waals surface area contributed by atoms with Crippen molar-refractivity contribution in [2.75, 3.05) is 18.0 Å². The number of rotatable bonds is 1. The van der Waals surface area contributed by atoms with Gasteiger partial charge < -0.3 is 4.90 Å². The van der Waals surface area contributed by atoms with Crippen LogP contribution in [0, 0.1) is 17.2 Å². The molecule has 19 heavy (non-hydrogen) atoms. The number of hydrogen-bond donors (Lipinski definition) is 0. The normalized spacial score (nSPS) is 20.2. The summed E-state index contributed by atoms with van der Waals surface area (Å²) in [5.41, 5.74) is 0.966. The van der Waals surface area contributed by atoms with Gasteiger partial charge in [0.2, 0.25) is 0 Å². The molecule has 6 heteroatoms. The van der Waals surface area contributed by atoms with Gasteiger partial charge in [0.05, 0.1) is 28.3 Å². The van der Waals surface area contributed by atoms with E-state index >= 15 is 0 Å². The lowest BCUT2D eigenvalue weighted by molar-refractivity contribution is -0.175. The largest absolute Gasteiger partial charge is 0.393 e. The Kier molecular flexibility index (Phi) is 3.91. The Morgan fingerprint density at radius 3 is 2.68 bits per heavy atom.